The number of rotatable bonds is 4. The Morgan fingerprint density at radius 1 is 1.24 bits per heavy atom. The molecule has 1 amide bonds. The SMILES string of the molecule is Cc1cc(C(=O)NC2CCC(C(=O)O)CC2)nn1-c1cccc(Cl)c1. The minimum Gasteiger partial charge on any atom is -0.481 e. The summed E-state index contributed by atoms with van der Waals surface area (Å²) in [7, 11) is 0. The van der Waals surface area contributed by atoms with Gasteiger partial charge in [-0.2, -0.15) is 5.10 Å². The Morgan fingerprint density at radius 3 is 2.60 bits per heavy atom. The number of aromatic nitrogens is 2. The second-order valence-electron chi connectivity index (χ2n) is 6.42. The van der Waals surface area contributed by atoms with Crippen LogP contribution in [0.5, 0.6) is 0 Å². The normalized spacial score (nSPS) is 20.2. The van der Waals surface area contributed by atoms with Crippen LogP contribution < -0.4 is 5.32 Å². The van der Waals surface area contributed by atoms with Crippen LogP contribution in [0.15, 0.2) is 30.3 Å². The number of aryl methyl sites for hydroxylation is 1. The van der Waals surface area contributed by atoms with Crippen LogP contribution in [0.2, 0.25) is 5.02 Å². The highest BCUT2D eigenvalue weighted by Crippen LogP contribution is 2.24. The van der Waals surface area contributed by atoms with Crippen LogP contribution in [-0.2, 0) is 4.79 Å². The lowest BCUT2D eigenvalue weighted by Crippen LogP contribution is -2.38. The molecule has 7 heteroatoms. The van der Waals surface area contributed by atoms with E-state index >= 15 is 0 Å². The first kappa shape index (κ1) is 17.5. The maximum absolute atomic E-state index is 12.5. The molecule has 0 saturated heterocycles. The minimum atomic E-state index is -0.749. The fraction of sp³-hybridized carbons (Fsp3) is 0.389. The summed E-state index contributed by atoms with van der Waals surface area (Å²) >= 11 is 6.02. The van der Waals surface area contributed by atoms with Gasteiger partial charge in [-0.05, 0) is 56.9 Å². The van der Waals surface area contributed by atoms with Crippen molar-refractivity contribution in [1.29, 1.82) is 0 Å². The molecule has 132 valence electrons. The highest BCUT2D eigenvalue weighted by atomic mass is 35.5. The molecule has 2 N–H and O–H groups in total. The van der Waals surface area contributed by atoms with Gasteiger partial charge >= 0.3 is 5.97 Å². The van der Waals surface area contributed by atoms with Crippen molar-refractivity contribution in [2.75, 3.05) is 0 Å². The van der Waals surface area contributed by atoms with Gasteiger partial charge in [0.25, 0.3) is 5.91 Å². The van der Waals surface area contributed by atoms with Gasteiger partial charge in [0, 0.05) is 16.8 Å². The number of halogens is 1. The van der Waals surface area contributed by atoms with Gasteiger partial charge in [0.15, 0.2) is 5.69 Å². The van der Waals surface area contributed by atoms with Crippen LogP contribution in [0.1, 0.15) is 41.9 Å². The summed E-state index contributed by atoms with van der Waals surface area (Å²) in [4.78, 5) is 23.5. The first-order chi connectivity index (χ1) is 11.9. The van der Waals surface area contributed by atoms with Gasteiger partial charge in [0.1, 0.15) is 0 Å². The summed E-state index contributed by atoms with van der Waals surface area (Å²) in [6.45, 7) is 1.88. The fourth-order valence-corrected chi connectivity index (χ4v) is 3.38. The van der Waals surface area contributed by atoms with Gasteiger partial charge in [0.2, 0.25) is 0 Å². The van der Waals surface area contributed by atoms with Crippen molar-refractivity contribution in [2.24, 2.45) is 5.92 Å². The number of aliphatic carboxylic acids is 1. The van der Waals surface area contributed by atoms with E-state index < -0.39 is 5.97 Å². The lowest BCUT2D eigenvalue weighted by atomic mass is 9.86. The second-order valence-corrected chi connectivity index (χ2v) is 6.86. The first-order valence-corrected chi connectivity index (χ1v) is 8.68. The zero-order chi connectivity index (χ0) is 18.0. The van der Waals surface area contributed by atoms with Crippen molar-refractivity contribution < 1.29 is 14.7 Å². The largest absolute Gasteiger partial charge is 0.481 e. The average Bonchev–Trinajstić information content (AvgIpc) is 2.97. The first-order valence-electron chi connectivity index (χ1n) is 8.30. The molecule has 3 rings (SSSR count). The number of carboxylic acids is 1. The summed E-state index contributed by atoms with van der Waals surface area (Å²) in [5.74, 6) is -1.28. The molecule has 0 aliphatic heterocycles. The molecule has 1 aliphatic rings. The van der Waals surface area contributed by atoms with E-state index in [-0.39, 0.29) is 17.9 Å². The topological polar surface area (TPSA) is 84.2 Å². The molecule has 1 aliphatic carbocycles. The minimum absolute atomic E-state index is 0.000254. The van der Waals surface area contributed by atoms with E-state index in [2.05, 4.69) is 10.4 Å². The molecule has 25 heavy (non-hydrogen) atoms. The lowest BCUT2D eigenvalue weighted by Gasteiger charge is -2.26. The van der Waals surface area contributed by atoms with Crippen LogP contribution in [0, 0.1) is 12.8 Å². The van der Waals surface area contributed by atoms with Gasteiger partial charge in [0.05, 0.1) is 11.6 Å². The smallest absolute Gasteiger partial charge is 0.306 e. The zero-order valence-corrected chi connectivity index (χ0v) is 14.7. The van der Waals surface area contributed by atoms with Gasteiger partial charge < -0.3 is 10.4 Å². The number of nitrogens with zero attached hydrogens (tertiary/aromatic N) is 2. The molecule has 0 spiro atoms. The summed E-state index contributed by atoms with van der Waals surface area (Å²) in [5.41, 5.74) is 1.98. The van der Waals surface area contributed by atoms with E-state index in [0.29, 0.717) is 36.4 Å². The highest BCUT2D eigenvalue weighted by molar-refractivity contribution is 6.30. The van der Waals surface area contributed by atoms with Gasteiger partial charge in [-0.15, -0.1) is 0 Å². The van der Waals surface area contributed by atoms with E-state index in [1.54, 1.807) is 22.9 Å². The Balaban J connectivity index is 1.68. The Bertz CT molecular complexity index is 795. The number of amides is 1. The predicted octanol–water partition coefficient (Wildman–Crippen LogP) is 3.21. The van der Waals surface area contributed by atoms with Gasteiger partial charge in [-0.3, -0.25) is 9.59 Å². The number of hydrogen-bond acceptors (Lipinski definition) is 3. The molecule has 1 aromatic heterocycles. The maximum atomic E-state index is 12.5. The Hall–Kier alpha value is -2.34. The van der Waals surface area contributed by atoms with E-state index in [1.807, 2.05) is 19.1 Å². The third kappa shape index (κ3) is 4.02. The molecule has 0 unspecified atom stereocenters. The number of carbonyl (C=O) groups is 2. The van der Waals surface area contributed by atoms with Gasteiger partial charge in [-0.25, -0.2) is 4.68 Å². The molecular weight excluding hydrogens is 342 g/mol. The molecule has 6 nitrogen and oxygen atoms in total. The Morgan fingerprint density at radius 2 is 1.96 bits per heavy atom. The molecule has 1 aromatic carbocycles. The number of hydrogen-bond donors (Lipinski definition) is 2. The third-order valence-electron chi connectivity index (χ3n) is 4.58. The molecule has 1 fully saturated rings. The third-order valence-corrected chi connectivity index (χ3v) is 4.82. The van der Waals surface area contributed by atoms with Crippen LogP contribution in [0.4, 0.5) is 0 Å². The van der Waals surface area contributed by atoms with Crippen molar-refractivity contribution >= 4 is 23.5 Å². The monoisotopic (exact) mass is 361 g/mol. The summed E-state index contributed by atoms with van der Waals surface area (Å²) in [6.07, 6.45) is 2.54. The quantitative estimate of drug-likeness (QED) is 0.875. The standard InChI is InChI=1S/C18H20ClN3O3/c1-11-9-16(21-22(11)15-4-2-3-13(19)10-15)17(23)20-14-7-5-12(6-8-14)18(24)25/h2-4,9-10,12,14H,5-8H2,1H3,(H,20,23)(H,24,25). The predicted molar refractivity (Wildman–Crippen MR) is 94.2 cm³/mol. The lowest BCUT2D eigenvalue weighted by molar-refractivity contribution is -0.142. The van der Waals surface area contributed by atoms with Crippen molar-refractivity contribution in [3.8, 4) is 5.69 Å². The average molecular weight is 362 g/mol. The van der Waals surface area contributed by atoms with E-state index in [9.17, 15) is 9.59 Å². The molecule has 1 saturated carbocycles. The van der Waals surface area contributed by atoms with E-state index in [1.165, 1.54) is 0 Å². The van der Waals surface area contributed by atoms with Crippen molar-refractivity contribution in [2.45, 2.75) is 38.6 Å². The molecule has 2 aromatic rings. The van der Waals surface area contributed by atoms with E-state index in [0.717, 1.165) is 11.4 Å². The Kier molecular flexibility index (Phi) is 5.08. The van der Waals surface area contributed by atoms with Crippen LogP contribution in [0.3, 0.4) is 0 Å². The van der Waals surface area contributed by atoms with Crippen molar-refractivity contribution in [1.82, 2.24) is 15.1 Å². The van der Waals surface area contributed by atoms with E-state index in [4.69, 9.17) is 16.7 Å². The fourth-order valence-electron chi connectivity index (χ4n) is 3.20. The summed E-state index contributed by atoms with van der Waals surface area (Å²) < 4.78 is 1.68. The summed E-state index contributed by atoms with van der Waals surface area (Å²) in [5, 5.41) is 17.0. The molecule has 1 heterocycles. The number of carbonyl (C=O) groups excluding carboxylic acids is 1. The van der Waals surface area contributed by atoms with Gasteiger partial charge in [-0.1, -0.05) is 17.7 Å². The maximum Gasteiger partial charge on any atom is 0.306 e. The summed E-state index contributed by atoms with van der Waals surface area (Å²) in [6, 6.07) is 9.01. The second kappa shape index (κ2) is 7.27. The molecule has 0 radical (unpaired) electrons. The Labute approximate surface area is 150 Å². The molecule has 0 atom stereocenters. The zero-order valence-electron chi connectivity index (χ0n) is 13.9. The molecular formula is C18H20ClN3O3. The number of benzene rings is 1. The van der Waals surface area contributed by atoms with Crippen LogP contribution >= 0.6 is 11.6 Å². The van der Waals surface area contributed by atoms with Crippen molar-refractivity contribution in [3.63, 3.8) is 0 Å². The number of carboxylic acid groups (broad SMARTS) is 1. The highest BCUT2D eigenvalue weighted by Gasteiger charge is 2.27. The number of nitrogens with one attached hydrogen (secondary N) is 1. The van der Waals surface area contributed by atoms with Crippen molar-refractivity contribution in [3.05, 3.63) is 46.7 Å². The van der Waals surface area contributed by atoms with Crippen LogP contribution in [-0.4, -0.2) is 32.8 Å². The molecule has 0 bridgehead atoms. The van der Waals surface area contributed by atoms with Crippen LogP contribution in [0.25, 0.3) is 5.69 Å².